The molecule has 0 aromatic heterocycles. The predicted molar refractivity (Wildman–Crippen MR) is 67.2 cm³/mol. The molecule has 0 fully saturated rings. The van der Waals surface area contributed by atoms with Gasteiger partial charge in [0, 0.05) is 25.2 Å². The molecule has 4 heteroatoms. The van der Waals surface area contributed by atoms with Crippen LogP contribution >= 0.6 is 0 Å². The molecule has 0 aliphatic heterocycles. The Morgan fingerprint density at radius 3 is 2.71 bits per heavy atom. The number of nitrogens with one attached hydrogen (secondary N) is 1. The average Bonchev–Trinajstić information content (AvgIpc) is 2.27. The van der Waals surface area contributed by atoms with Gasteiger partial charge < -0.3 is 16.2 Å². The van der Waals surface area contributed by atoms with Crippen LogP contribution in [0.1, 0.15) is 30.5 Å². The van der Waals surface area contributed by atoms with Gasteiger partial charge in [0.05, 0.1) is 0 Å². The summed E-state index contributed by atoms with van der Waals surface area (Å²) in [7, 11) is 0. The van der Waals surface area contributed by atoms with Crippen LogP contribution in [-0.4, -0.2) is 24.3 Å². The Bertz CT molecular complexity index is 357. The molecule has 17 heavy (non-hydrogen) atoms. The van der Waals surface area contributed by atoms with Crippen molar-refractivity contribution in [3.8, 4) is 0 Å². The number of halogens is 1. The van der Waals surface area contributed by atoms with Gasteiger partial charge in [-0.1, -0.05) is 6.07 Å². The molecule has 1 rings (SSSR count). The molecule has 0 aliphatic carbocycles. The van der Waals surface area contributed by atoms with E-state index in [-0.39, 0.29) is 24.5 Å². The molecule has 0 heterocycles. The summed E-state index contributed by atoms with van der Waals surface area (Å²) in [5, 5.41) is 12.2. The van der Waals surface area contributed by atoms with E-state index >= 15 is 0 Å². The van der Waals surface area contributed by atoms with Crippen molar-refractivity contribution in [3.63, 3.8) is 0 Å². The monoisotopic (exact) mass is 240 g/mol. The lowest BCUT2D eigenvalue weighted by atomic mass is 10.00. The quantitative estimate of drug-likeness (QED) is 0.706. The first-order valence-corrected chi connectivity index (χ1v) is 5.91. The van der Waals surface area contributed by atoms with Gasteiger partial charge in [-0.2, -0.15) is 0 Å². The molecular formula is C13H21FN2O. The zero-order valence-electron chi connectivity index (χ0n) is 10.4. The third-order valence-corrected chi connectivity index (χ3v) is 2.89. The molecule has 1 aromatic carbocycles. The molecule has 1 aromatic rings. The lowest BCUT2D eigenvalue weighted by Gasteiger charge is -2.23. The Kier molecular flexibility index (Phi) is 5.55. The summed E-state index contributed by atoms with van der Waals surface area (Å²) in [6.07, 6.45) is 0.677. The van der Waals surface area contributed by atoms with Gasteiger partial charge >= 0.3 is 0 Å². The predicted octanol–water partition coefficient (Wildman–Crippen LogP) is 1.49. The van der Waals surface area contributed by atoms with E-state index in [1.54, 1.807) is 6.07 Å². The van der Waals surface area contributed by atoms with Crippen LogP contribution in [0.4, 0.5) is 4.39 Å². The lowest BCUT2D eigenvalue weighted by molar-refractivity contribution is 0.263. The lowest BCUT2D eigenvalue weighted by Crippen LogP contribution is -2.35. The fraction of sp³-hybridized carbons (Fsp3) is 0.538. The normalized spacial score (nSPS) is 14.6. The molecule has 2 unspecified atom stereocenters. The summed E-state index contributed by atoms with van der Waals surface area (Å²) >= 11 is 0. The highest BCUT2D eigenvalue weighted by molar-refractivity contribution is 5.29. The van der Waals surface area contributed by atoms with E-state index in [2.05, 4.69) is 5.32 Å². The van der Waals surface area contributed by atoms with Crippen molar-refractivity contribution < 1.29 is 9.50 Å². The van der Waals surface area contributed by atoms with Crippen molar-refractivity contribution in [1.82, 2.24) is 5.32 Å². The standard InChI is InChI=1S/C13H21FN2O/c1-9-7-11(14)3-4-12(9)13(8-15)16-10(2)5-6-17/h3-4,7,10,13,16-17H,5-6,8,15H2,1-2H3. The summed E-state index contributed by atoms with van der Waals surface area (Å²) in [6.45, 7) is 4.47. The van der Waals surface area contributed by atoms with Crippen LogP contribution in [-0.2, 0) is 0 Å². The number of benzene rings is 1. The molecule has 0 radical (unpaired) electrons. The Labute approximate surface area is 102 Å². The van der Waals surface area contributed by atoms with Gasteiger partial charge in [0.1, 0.15) is 5.82 Å². The maximum Gasteiger partial charge on any atom is 0.123 e. The smallest absolute Gasteiger partial charge is 0.123 e. The topological polar surface area (TPSA) is 58.3 Å². The molecular weight excluding hydrogens is 219 g/mol. The van der Waals surface area contributed by atoms with Gasteiger partial charge in [-0.05, 0) is 43.5 Å². The Hall–Kier alpha value is -0.970. The summed E-state index contributed by atoms with van der Waals surface area (Å²) in [5.41, 5.74) is 7.64. The number of rotatable bonds is 6. The number of hydrogen-bond donors (Lipinski definition) is 3. The molecule has 3 nitrogen and oxygen atoms in total. The molecule has 0 spiro atoms. The van der Waals surface area contributed by atoms with E-state index < -0.39 is 0 Å². The van der Waals surface area contributed by atoms with Crippen molar-refractivity contribution in [2.45, 2.75) is 32.4 Å². The molecule has 4 N–H and O–H groups in total. The number of aliphatic hydroxyl groups excluding tert-OH is 1. The van der Waals surface area contributed by atoms with Gasteiger partial charge in [-0.25, -0.2) is 4.39 Å². The van der Waals surface area contributed by atoms with E-state index in [1.165, 1.54) is 12.1 Å². The van der Waals surface area contributed by atoms with Crippen molar-refractivity contribution in [2.24, 2.45) is 5.73 Å². The zero-order valence-corrected chi connectivity index (χ0v) is 10.4. The summed E-state index contributed by atoms with van der Waals surface area (Å²) in [4.78, 5) is 0. The summed E-state index contributed by atoms with van der Waals surface area (Å²) in [5.74, 6) is -0.231. The van der Waals surface area contributed by atoms with Gasteiger partial charge in [0.2, 0.25) is 0 Å². The van der Waals surface area contributed by atoms with Gasteiger partial charge in [-0.15, -0.1) is 0 Å². The maximum atomic E-state index is 13.0. The second-order valence-corrected chi connectivity index (χ2v) is 4.37. The Morgan fingerprint density at radius 1 is 1.47 bits per heavy atom. The van der Waals surface area contributed by atoms with E-state index in [0.29, 0.717) is 13.0 Å². The van der Waals surface area contributed by atoms with Crippen LogP contribution in [0.2, 0.25) is 0 Å². The summed E-state index contributed by atoms with van der Waals surface area (Å²) in [6, 6.07) is 4.90. The van der Waals surface area contributed by atoms with Crippen LogP contribution in [0.15, 0.2) is 18.2 Å². The third-order valence-electron chi connectivity index (χ3n) is 2.89. The number of nitrogens with two attached hydrogens (primary N) is 1. The fourth-order valence-electron chi connectivity index (χ4n) is 1.94. The number of aliphatic hydroxyl groups is 1. The van der Waals surface area contributed by atoms with Crippen LogP contribution in [0.5, 0.6) is 0 Å². The molecule has 0 saturated heterocycles. The zero-order chi connectivity index (χ0) is 12.8. The molecule has 2 atom stereocenters. The van der Waals surface area contributed by atoms with Gasteiger partial charge in [-0.3, -0.25) is 0 Å². The Balaban J connectivity index is 2.79. The second-order valence-electron chi connectivity index (χ2n) is 4.37. The van der Waals surface area contributed by atoms with Crippen molar-refractivity contribution in [2.75, 3.05) is 13.2 Å². The summed E-state index contributed by atoms with van der Waals surface area (Å²) < 4.78 is 13.0. The third kappa shape index (κ3) is 4.07. The first-order chi connectivity index (χ1) is 8.08. The van der Waals surface area contributed by atoms with Crippen LogP contribution in [0.3, 0.4) is 0 Å². The highest BCUT2D eigenvalue weighted by atomic mass is 19.1. The first-order valence-electron chi connectivity index (χ1n) is 5.91. The van der Waals surface area contributed by atoms with Crippen LogP contribution in [0.25, 0.3) is 0 Å². The second kappa shape index (κ2) is 6.69. The highest BCUT2D eigenvalue weighted by Crippen LogP contribution is 2.18. The largest absolute Gasteiger partial charge is 0.396 e. The first kappa shape index (κ1) is 14.1. The number of aryl methyl sites for hydroxylation is 1. The molecule has 0 amide bonds. The fourth-order valence-corrected chi connectivity index (χ4v) is 1.94. The van der Waals surface area contributed by atoms with Crippen molar-refractivity contribution in [1.29, 1.82) is 0 Å². The highest BCUT2D eigenvalue weighted by Gasteiger charge is 2.14. The minimum absolute atomic E-state index is 0.00264. The van der Waals surface area contributed by atoms with E-state index in [4.69, 9.17) is 10.8 Å². The molecule has 0 bridgehead atoms. The van der Waals surface area contributed by atoms with Gasteiger partial charge in [0.25, 0.3) is 0 Å². The van der Waals surface area contributed by atoms with E-state index in [0.717, 1.165) is 11.1 Å². The van der Waals surface area contributed by atoms with Crippen molar-refractivity contribution in [3.05, 3.63) is 35.1 Å². The average molecular weight is 240 g/mol. The molecule has 96 valence electrons. The molecule has 0 saturated carbocycles. The van der Waals surface area contributed by atoms with E-state index in [1.807, 2.05) is 13.8 Å². The van der Waals surface area contributed by atoms with Gasteiger partial charge in [0.15, 0.2) is 0 Å². The maximum absolute atomic E-state index is 13.0. The SMILES string of the molecule is Cc1cc(F)ccc1C(CN)NC(C)CCO. The molecule has 0 aliphatic rings. The Morgan fingerprint density at radius 2 is 2.18 bits per heavy atom. The van der Waals surface area contributed by atoms with E-state index in [9.17, 15) is 4.39 Å². The van der Waals surface area contributed by atoms with Crippen molar-refractivity contribution >= 4 is 0 Å². The minimum atomic E-state index is -0.231. The van der Waals surface area contributed by atoms with Crippen LogP contribution in [0, 0.1) is 12.7 Å². The minimum Gasteiger partial charge on any atom is -0.396 e. The number of hydrogen-bond acceptors (Lipinski definition) is 3. The van der Waals surface area contributed by atoms with Crippen LogP contribution < -0.4 is 11.1 Å².